The van der Waals surface area contributed by atoms with Gasteiger partial charge in [-0.05, 0) is 12.5 Å². The number of aliphatic carboxylic acids is 1. The number of likely N-dealkylation sites (tertiary alicyclic amines) is 1. The highest BCUT2D eigenvalue weighted by Crippen LogP contribution is 2.49. The number of thioether (sulfide) groups is 1. The number of carbonyl (C=O) groups excluding carboxylic acids is 1. The molecule has 3 heterocycles. The van der Waals surface area contributed by atoms with Gasteiger partial charge in [-0.2, -0.15) is 0 Å². The van der Waals surface area contributed by atoms with E-state index >= 15 is 0 Å². The van der Waals surface area contributed by atoms with Crippen LogP contribution in [-0.2, 0) is 9.59 Å². The van der Waals surface area contributed by atoms with Crippen molar-refractivity contribution in [3.63, 3.8) is 0 Å². The van der Waals surface area contributed by atoms with Crippen molar-refractivity contribution in [2.75, 3.05) is 33.3 Å². The third-order valence-corrected chi connectivity index (χ3v) is 6.87. The number of β-lactam (4-membered cyclic amide) rings is 1. The Hall–Kier alpha value is -1.05. The second-order valence-electron chi connectivity index (χ2n) is 7.02. The second-order valence-corrected chi connectivity index (χ2v) is 8.32. The van der Waals surface area contributed by atoms with E-state index in [4.69, 9.17) is 5.11 Å². The average Bonchev–Trinajstić information content (AvgIpc) is 3.07. The molecule has 0 radical (unpaired) electrons. The predicted octanol–water partition coefficient (Wildman–Crippen LogP) is 0.518. The van der Waals surface area contributed by atoms with Crippen molar-refractivity contribution in [1.29, 1.82) is 0 Å². The number of aliphatic hydroxyl groups is 1. The van der Waals surface area contributed by atoms with Crippen LogP contribution >= 0.6 is 11.8 Å². The van der Waals surface area contributed by atoms with E-state index in [2.05, 4.69) is 13.1 Å². The lowest BCUT2D eigenvalue weighted by atomic mass is 9.92. The van der Waals surface area contributed by atoms with Crippen LogP contribution in [0.5, 0.6) is 0 Å². The third kappa shape index (κ3) is 3.02. The molecule has 0 aromatic carbocycles. The van der Waals surface area contributed by atoms with Crippen molar-refractivity contribution in [2.24, 2.45) is 5.92 Å². The Kier molecular flexibility index (Phi) is 4.71. The van der Waals surface area contributed by atoms with Crippen molar-refractivity contribution in [3.05, 3.63) is 12.2 Å². The van der Waals surface area contributed by atoms with Crippen molar-refractivity contribution in [1.82, 2.24) is 4.90 Å². The molecular weight excluding hydrogens is 316 g/mol. The highest BCUT2D eigenvalue weighted by atomic mass is 32.2. The fraction of sp³-hybridized carbons (Fsp3) is 0.750. The van der Waals surface area contributed by atoms with Crippen molar-refractivity contribution in [3.8, 4) is 0 Å². The molecule has 128 valence electrons. The van der Waals surface area contributed by atoms with E-state index in [9.17, 15) is 14.7 Å². The van der Waals surface area contributed by atoms with Crippen LogP contribution in [0, 0.1) is 5.92 Å². The Morgan fingerprint density at radius 2 is 2.13 bits per heavy atom. The maximum absolute atomic E-state index is 12.1. The first-order chi connectivity index (χ1) is 11.0. The van der Waals surface area contributed by atoms with E-state index in [0.717, 1.165) is 11.0 Å². The Labute approximate surface area is 140 Å². The first-order valence-electron chi connectivity index (χ1n) is 8.28. The molecule has 0 bridgehead atoms. The molecule has 3 aliphatic rings. The van der Waals surface area contributed by atoms with Gasteiger partial charge < -0.3 is 19.6 Å². The lowest BCUT2D eigenvalue weighted by Gasteiger charge is -2.43. The van der Waals surface area contributed by atoms with E-state index in [1.807, 2.05) is 6.08 Å². The smallest absolute Gasteiger partial charge is 0.327 e. The van der Waals surface area contributed by atoms with Gasteiger partial charge >= 0.3 is 5.97 Å². The fourth-order valence-electron chi connectivity index (χ4n) is 3.95. The quantitative estimate of drug-likeness (QED) is 0.418. The van der Waals surface area contributed by atoms with Crippen molar-refractivity contribution in [2.45, 2.75) is 35.9 Å². The van der Waals surface area contributed by atoms with Gasteiger partial charge in [0.05, 0.1) is 43.2 Å². The van der Waals surface area contributed by atoms with Gasteiger partial charge in [0.25, 0.3) is 0 Å². The summed E-state index contributed by atoms with van der Waals surface area (Å²) < 4.78 is 1.02. The summed E-state index contributed by atoms with van der Waals surface area (Å²) in [7, 11) is 2.24. The summed E-state index contributed by atoms with van der Waals surface area (Å²) in [5.74, 6) is -1.29. The number of amides is 1. The van der Waals surface area contributed by atoms with Crippen molar-refractivity contribution < 1.29 is 24.3 Å². The fourth-order valence-corrected chi connectivity index (χ4v) is 5.67. The first-order valence-corrected chi connectivity index (χ1v) is 9.23. The molecule has 0 aromatic rings. The highest BCUT2D eigenvalue weighted by molar-refractivity contribution is 8.01. The maximum Gasteiger partial charge on any atom is 0.327 e. The number of carboxylic acids is 1. The topological polar surface area (TPSA) is 77.8 Å². The van der Waals surface area contributed by atoms with Gasteiger partial charge in [-0.15, -0.1) is 11.8 Å². The minimum Gasteiger partial charge on any atom is -0.480 e. The molecule has 3 saturated heterocycles. The summed E-state index contributed by atoms with van der Waals surface area (Å²) in [5.41, 5.74) is 0. The molecular formula is C16H25N2O4S+. The predicted molar refractivity (Wildman–Crippen MR) is 87.8 cm³/mol. The number of nitrogens with zero attached hydrogens (tertiary/aromatic N) is 2. The zero-order valence-corrected chi connectivity index (χ0v) is 14.2. The van der Waals surface area contributed by atoms with E-state index < -0.39 is 12.0 Å². The van der Waals surface area contributed by atoms with Crippen LogP contribution in [0.3, 0.4) is 0 Å². The molecule has 3 fully saturated rings. The lowest BCUT2D eigenvalue weighted by molar-refractivity contribution is -0.891. The van der Waals surface area contributed by atoms with E-state index in [-0.39, 0.29) is 29.1 Å². The Balaban J connectivity index is 1.66. The first kappa shape index (κ1) is 16.8. The third-order valence-electron chi connectivity index (χ3n) is 5.31. The summed E-state index contributed by atoms with van der Waals surface area (Å²) in [6.07, 6.45) is 7.01. The number of rotatable bonds is 6. The van der Waals surface area contributed by atoms with Gasteiger partial charge in [0.2, 0.25) is 5.91 Å². The molecule has 3 rings (SSSR count). The number of carbonyl (C=O) groups is 2. The van der Waals surface area contributed by atoms with E-state index in [1.54, 1.807) is 11.8 Å². The van der Waals surface area contributed by atoms with Crippen LogP contribution in [0.15, 0.2) is 12.2 Å². The number of aliphatic hydroxyl groups excluding tert-OH is 1. The summed E-state index contributed by atoms with van der Waals surface area (Å²) in [4.78, 5) is 25.2. The van der Waals surface area contributed by atoms with Gasteiger partial charge in [0.1, 0.15) is 6.04 Å². The Bertz CT molecular complexity index is 518. The number of quaternary nitrogens is 1. The normalized spacial score (nSPS) is 35.6. The van der Waals surface area contributed by atoms with E-state index in [0.29, 0.717) is 6.42 Å². The van der Waals surface area contributed by atoms with Crippen LogP contribution < -0.4 is 0 Å². The summed E-state index contributed by atoms with van der Waals surface area (Å²) in [6, 6.07) is -0.771. The molecule has 7 heteroatoms. The Morgan fingerprint density at radius 1 is 1.43 bits per heavy atom. The lowest BCUT2D eigenvalue weighted by Crippen LogP contribution is -2.61. The number of hydrogen-bond donors (Lipinski definition) is 2. The maximum atomic E-state index is 12.1. The largest absolute Gasteiger partial charge is 0.480 e. The second kappa shape index (κ2) is 6.45. The summed E-state index contributed by atoms with van der Waals surface area (Å²) >= 11 is 1.55. The molecule has 6 nitrogen and oxygen atoms in total. The molecule has 23 heavy (non-hydrogen) atoms. The molecule has 0 aromatic heterocycles. The molecule has 0 aliphatic carbocycles. The zero-order chi connectivity index (χ0) is 16.6. The van der Waals surface area contributed by atoms with Gasteiger partial charge in [-0.3, -0.25) is 4.79 Å². The van der Waals surface area contributed by atoms with Gasteiger partial charge in [0.15, 0.2) is 0 Å². The van der Waals surface area contributed by atoms with Gasteiger partial charge in [0, 0.05) is 19.4 Å². The van der Waals surface area contributed by atoms with Crippen LogP contribution in [-0.4, -0.2) is 81.4 Å². The molecule has 1 amide bonds. The highest BCUT2D eigenvalue weighted by Gasteiger charge is 2.59. The van der Waals surface area contributed by atoms with Crippen LogP contribution in [0.1, 0.15) is 19.3 Å². The minimum atomic E-state index is -0.938. The molecule has 4 atom stereocenters. The molecule has 0 spiro atoms. The number of carboxylic acid groups (broad SMARTS) is 1. The van der Waals surface area contributed by atoms with Crippen LogP contribution in [0.25, 0.3) is 0 Å². The minimum absolute atomic E-state index is 0.0324. The summed E-state index contributed by atoms with van der Waals surface area (Å²) in [5, 5.41) is 18.3. The van der Waals surface area contributed by atoms with E-state index in [1.165, 1.54) is 30.8 Å². The molecule has 3 aliphatic heterocycles. The van der Waals surface area contributed by atoms with Gasteiger partial charge in [-0.25, -0.2) is 4.79 Å². The zero-order valence-electron chi connectivity index (χ0n) is 13.4. The molecule has 0 saturated carbocycles. The monoisotopic (exact) mass is 341 g/mol. The van der Waals surface area contributed by atoms with Crippen LogP contribution in [0.2, 0.25) is 0 Å². The average molecular weight is 341 g/mol. The number of likely N-dealkylation sites (N-methyl/N-ethyl adjacent to an activating group) is 1. The molecule has 2 N–H and O–H groups in total. The SMILES string of the molecule is C[N+]1(C/C=C\C2S[C@@H]3[C@@H](CCO)C(=O)N3C2C(=O)O)CCCC1. The Morgan fingerprint density at radius 3 is 2.74 bits per heavy atom. The van der Waals surface area contributed by atoms with Crippen LogP contribution in [0.4, 0.5) is 0 Å². The standard InChI is InChI=1S/C16H24N2O4S/c1-18(7-2-3-8-18)9-4-5-12-13(16(21)22)17-14(20)11(6-10-19)15(17)23-12/h4-5,11-13,15,19H,2-3,6-10H2,1H3/p+1/b5-4-/t11-,12?,13?,15+/m0/s1. The van der Waals surface area contributed by atoms with Crippen molar-refractivity contribution >= 4 is 23.6 Å². The summed E-state index contributed by atoms with van der Waals surface area (Å²) in [6.45, 7) is 3.24. The number of hydrogen-bond acceptors (Lipinski definition) is 4. The van der Waals surface area contributed by atoms with Gasteiger partial charge in [-0.1, -0.05) is 6.08 Å². The molecule has 2 unspecified atom stereocenters. The number of fused-ring (bicyclic) bond motifs is 1.